The molecule has 1 unspecified atom stereocenters. The van der Waals surface area contributed by atoms with Crippen molar-refractivity contribution in [3.63, 3.8) is 0 Å². The first-order chi connectivity index (χ1) is 9.56. The number of rotatable bonds is 4. The number of piperidine rings is 1. The zero-order valence-corrected chi connectivity index (χ0v) is 12.3. The van der Waals surface area contributed by atoms with Crippen LogP contribution in [0, 0.1) is 11.7 Å². The molecule has 1 fully saturated rings. The summed E-state index contributed by atoms with van der Waals surface area (Å²) in [7, 11) is 1.86. The third-order valence-corrected chi connectivity index (χ3v) is 3.81. The standard InChI is InChI=1S/C16H23FN2O/c1-13-6-5-9-19(10-13)16(20)12-18(2)11-14-7-3-4-8-15(14)17/h3-4,7-8,13H,5-6,9-12H2,1-2H3. The molecule has 0 aliphatic carbocycles. The lowest BCUT2D eigenvalue weighted by Gasteiger charge is -2.32. The average Bonchev–Trinajstić information content (AvgIpc) is 2.41. The van der Waals surface area contributed by atoms with E-state index in [-0.39, 0.29) is 11.7 Å². The van der Waals surface area contributed by atoms with E-state index in [9.17, 15) is 9.18 Å². The van der Waals surface area contributed by atoms with Gasteiger partial charge in [-0.2, -0.15) is 0 Å². The van der Waals surface area contributed by atoms with Gasteiger partial charge in [-0.1, -0.05) is 25.1 Å². The number of nitrogens with zero attached hydrogens (tertiary/aromatic N) is 2. The van der Waals surface area contributed by atoms with Crippen molar-refractivity contribution in [1.29, 1.82) is 0 Å². The summed E-state index contributed by atoms with van der Waals surface area (Å²) < 4.78 is 13.6. The second kappa shape index (κ2) is 6.84. The zero-order chi connectivity index (χ0) is 14.5. The summed E-state index contributed by atoms with van der Waals surface area (Å²) in [6.45, 7) is 4.70. The number of likely N-dealkylation sites (N-methyl/N-ethyl adjacent to an activating group) is 1. The summed E-state index contributed by atoms with van der Waals surface area (Å²) in [5.41, 5.74) is 0.634. The van der Waals surface area contributed by atoms with Crippen LogP contribution in [0.25, 0.3) is 0 Å². The Labute approximate surface area is 120 Å². The predicted octanol–water partition coefficient (Wildman–Crippen LogP) is 2.52. The third kappa shape index (κ3) is 4.04. The highest BCUT2D eigenvalue weighted by atomic mass is 19.1. The van der Waals surface area contributed by atoms with E-state index >= 15 is 0 Å². The van der Waals surface area contributed by atoms with Crippen molar-refractivity contribution in [1.82, 2.24) is 9.80 Å². The van der Waals surface area contributed by atoms with E-state index in [1.807, 2.05) is 22.9 Å². The van der Waals surface area contributed by atoms with Gasteiger partial charge in [0, 0.05) is 25.2 Å². The van der Waals surface area contributed by atoms with Crippen LogP contribution < -0.4 is 0 Å². The van der Waals surface area contributed by atoms with Crippen LogP contribution in [-0.2, 0) is 11.3 Å². The molecule has 1 aromatic carbocycles. The van der Waals surface area contributed by atoms with Crippen molar-refractivity contribution in [3.05, 3.63) is 35.6 Å². The Bertz CT molecular complexity index is 464. The normalized spacial score (nSPS) is 19.4. The van der Waals surface area contributed by atoms with Crippen molar-refractivity contribution in [2.24, 2.45) is 5.92 Å². The van der Waals surface area contributed by atoms with Crippen LogP contribution in [0.1, 0.15) is 25.3 Å². The number of carbonyl (C=O) groups excluding carboxylic acids is 1. The first-order valence-corrected chi connectivity index (χ1v) is 7.26. The number of carbonyl (C=O) groups is 1. The van der Waals surface area contributed by atoms with Crippen molar-refractivity contribution >= 4 is 5.91 Å². The highest BCUT2D eigenvalue weighted by Gasteiger charge is 2.21. The molecule has 3 nitrogen and oxygen atoms in total. The monoisotopic (exact) mass is 278 g/mol. The quantitative estimate of drug-likeness (QED) is 0.845. The van der Waals surface area contributed by atoms with Crippen LogP contribution in [0.4, 0.5) is 4.39 Å². The summed E-state index contributed by atoms with van der Waals surface area (Å²) >= 11 is 0. The van der Waals surface area contributed by atoms with Gasteiger partial charge in [-0.25, -0.2) is 4.39 Å². The molecular weight excluding hydrogens is 255 g/mol. The molecule has 0 aromatic heterocycles. The van der Waals surface area contributed by atoms with Crippen molar-refractivity contribution in [2.75, 3.05) is 26.7 Å². The van der Waals surface area contributed by atoms with Crippen LogP contribution in [0.3, 0.4) is 0 Å². The number of benzene rings is 1. The fourth-order valence-electron chi connectivity index (χ4n) is 2.72. The Balaban J connectivity index is 1.86. The van der Waals surface area contributed by atoms with E-state index in [2.05, 4.69) is 6.92 Å². The van der Waals surface area contributed by atoms with Crippen molar-refractivity contribution in [2.45, 2.75) is 26.3 Å². The van der Waals surface area contributed by atoms with E-state index in [4.69, 9.17) is 0 Å². The molecule has 110 valence electrons. The average molecular weight is 278 g/mol. The van der Waals surface area contributed by atoms with Gasteiger partial charge in [-0.05, 0) is 31.9 Å². The molecule has 1 atom stereocenters. The summed E-state index contributed by atoms with van der Waals surface area (Å²) in [6.07, 6.45) is 2.29. The molecule has 1 amide bonds. The van der Waals surface area contributed by atoms with Crippen molar-refractivity contribution in [3.8, 4) is 0 Å². The van der Waals surface area contributed by atoms with Gasteiger partial charge in [-0.15, -0.1) is 0 Å². The highest BCUT2D eigenvalue weighted by molar-refractivity contribution is 5.78. The molecule has 2 rings (SSSR count). The van der Waals surface area contributed by atoms with Gasteiger partial charge in [0.1, 0.15) is 5.82 Å². The van der Waals surface area contributed by atoms with Crippen LogP contribution in [-0.4, -0.2) is 42.4 Å². The molecule has 0 bridgehead atoms. The molecule has 1 aliphatic heterocycles. The van der Waals surface area contributed by atoms with Gasteiger partial charge >= 0.3 is 0 Å². The maximum absolute atomic E-state index is 13.6. The minimum Gasteiger partial charge on any atom is -0.341 e. The highest BCUT2D eigenvalue weighted by Crippen LogP contribution is 2.16. The molecule has 0 N–H and O–H groups in total. The van der Waals surface area contributed by atoms with Crippen molar-refractivity contribution < 1.29 is 9.18 Å². The lowest BCUT2D eigenvalue weighted by molar-refractivity contribution is -0.133. The molecule has 4 heteroatoms. The first kappa shape index (κ1) is 15.0. The number of likely N-dealkylation sites (tertiary alicyclic amines) is 1. The van der Waals surface area contributed by atoms with Gasteiger partial charge in [-0.3, -0.25) is 9.69 Å². The summed E-state index contributed by atoms with van der Waals surface area (Å²) in [4.78, 5) is 16.0. The summed E-state index contributed by atoms with van der Waals surface area (Å²) in [5.74, 6) is 0.526. The van der Waals surface area contributed by atoms with Crippen LogP contribution in [0.15, 0.2) is 24.3 Å². The molecule has 0 spiro atoms. The van der Waals surface area contributed by atoms with Gasteiger partial charge < -0.3 is 4.90 Å². The number of amides is 1. The topological polar surface area (TPSA) is 23.6 Å². The largest absolute Gasteiger partial charge is 0.341 e. The van der Waals surface area contributed by atoms with E-state index in [1.165, 1.54) is 12.5 Å². The van der Waals surface area contributed by atoms with E-state index in [1.54, 1.807) is 12.1 Å². The smallest absolute Gasteiger partial charge is 0.236 e. The second-order valence-corrected chi connectivity index (χ2v) is 5.85. The Morgan fingerprint density at radius 1 is 1.45 bits per heavy atom. The molecule has 0 radical (unpaired) electrons. The number of hydrogen-bond acceptors (Lipinski definition) is 2. The lowest BCUT2D eigenvalue weighted by atomic mass is 10.0. The molecule has 1 aliphatic rings. The summed E-state index contributed by atoms with van der Waals surface area (Å²) in [5, 5.41) is 0. The summed E-state index contributed by atoms with van der Waals surface area (Å²) in [6, 6.07) is 6.72. The minimum absolute atomic E-state index is 0.149. The Kier molecular flexibility index (Phi) is 5.12. The van der Waals surface area contributed by atoms with Gasteiger partial charge in [0.25, 0.3) is 0 Å². The van der Waals surface area contributed by atoms with Crippen LogP contribution in [0.2, 0.25) is 0 Å². The Morgan fingerprint density at radius 3 is 2.90 bits per heavy atom. The third-order valence-electron chi connectivity index (χ3n) is 3.81. The zero-order valence-electron chi connectivity index (χ0n) is 12.3. The maximum Gasteiger partial charge on any atom is 0.236 e. The second-order valence-electron chi connectivity index (χ2n) is 5.85. The van der Waals surface area contributed by atoms with Crippen LogP contribution >= 0.6 is 0 Å². The first-order valence-electron chi connectivity index (χ1n) is 7.26. The molecular formula is C16H23FN2O. The van der Waals surface area contributed by atoms with Gasteiger partial charge in [0.2, 0.25) is 5.91 Å². The van der Waals surface area contributed by atoms with Gasteiger partial charge in [0.05, 0.1) is 6.54 Å². The predicted molar refractivity (Wildman–Crippen MR) is 77.7 cm³/mol. The van der Waals surface area contributed by atoms with E-state index in [0.29, 0.717) is 24.6 Å². The molecule has 1 saturated heterocycles. The lowest BCUT2D eigenvalue weighted by Crippen LogP contribution is -2.43. The van der Waals surface area contributed by atoms with Gasteiger partial charge in [0.15, 0.2) is 0 Å². The molecule has 1 heterocycles. The van der Waals surface area contributed by atoms with E-state index in [0.717, 1.165) is 19.5 Å². The maximum atomic E-state index is 13.6. The Morgan fingerprint density at radius 2 is 2.20 bits per heavy atom. The van der Waals surface area contributed by atoms with Crippen LogP contribution in [0.5, 0.6) is 0 Å². The minimum atomic E-state index is -0.210. The fraction of sp³-hybridized carbons (Fsp3) is 0.562. The SMILES string of the molecule is CC1CCCN(C(=O)CN(C)Cc2ccccc2F)C1. The number of hydrogen-bond donors (Lipinski definition) is 0. The number of halogens is 1. The van der Waals surface area contributed by atoms with E-state index < -0.39 is 0 Å². The fourth-order valence-corrected chi connectivity index (χ4v) is 2.72. The molecule has 20 heavy (non-hydrogen) atoms. The molecule has 0 saturated carbocycles. The Hall–Kier alpha value is -1.42. The molecule has 1 aromatic rings.